The van der Waals surface area contributed by atoms with E-state index in [1.807, 2.05) is 6.07 Å². The van der Waals surface area contributed by atoms with Gasteiger partial charge in [-0.05, 0) is 129 Å². The minimum Gasteiger partial charge on any atom is -0.462 e. The number of esters is 1. The third-order valence-electron chi connectivity index (χ3n) is 10.4. The van der Waals surface area contributed by atoms with Gasteiger partial charge in [0.25, 0.3) is 0 Å². The van der Waals surface area contributed by atoms with Crippen LogP contribution in [0.2, 0.25) is 0 Å². The number of halogens is 1. The predicted octanol–water partition coefficient (Wildman–Crippen LogP) is 9.99. The Balaban J connectivity index is 1.27. The van der Waals surface area contributed by atoms with Crippen molar-refractivity contribution in [3.8, 4) is 11.1 Å². The van der Waals surface area contributed by atoms with E-state index in [0.717, 1.165) is 61.5 Å². The maximum atomic E-state index is 14.9. The fraction of sp³-hybridized carbons (Fsp3) is 0.615. The number of hydrogen-bond donors (Lipinski definition) is 1. The first kappa shape index (κ1) is 33.4. The van der Waals surface area contributed by atoms with Crippen molar-refractivity contribution in [2.45, 2.75) is 117 Å². The average molecular weight is 591 g/mol. The van der Waals surface area contributed by atoms with Crippen LogP contribution in [-0.2, 0) is 22.4 Å². The van der Waals surface area contributed by atoms with Gasteiger partial charge in [-0.3, -0.25) is 0 Å². The van der Waals surface area contributed by atoms with Crippen molar-refractivity contribution in [1.29, 1.82) is 0 Å². The highest BCUT2D eigenvalue weighted by atomic mass is 19.1. The first-order valence-electron chi connectivity index (χ1n) is 17.2. The van der Waals surface area contributed by atoms with Crippen molar-refractivity contribution in [1.82, 2.24) is 0 Å². The normalized spacial score (nSPS) is 23.1. The molecule has 4 heteroatoms. The molecule has 43 heavy (non-hydrogen) atoms. The van der Waals surface area contributed by atoms with Crippen molar-refractivity contribution in [3.05, 3.63) is 71.1 Å². The van der Waals surface area contributed by atoms with Crippen LogP contribution in [0.4, 0.5) is 4.39 Å². The molecule has 2 saturated carbocycles. The summed E-state index contributed by atoms with van der Waals surface area (Å²) in [5.74, 6) is 2.48. The third kappa shape index (κ3) is 9.27. The molecule has 2 fully saturated rings. The van der Waals surface area contributed by atoms with E-state index < -0.39 is 0 Å². The Kier molecular flexibility index (Phi) is 12.9. The Hall–Kier alpha value is -2.46. The maximum Gasteiger partial charge on any atom is 0.333 e. The zero-order valence-electron chi connectivity index (χ0n) is 27.0. The van der Waals surface area contributed by atoms with Gasteiger partial charge in [0, 0.05) is 18.1 Å². The molecule has 0 saturated heterocycles. The molecule has 0 spiro atoms. The van der Waals surface area contributed by atoms with Crippen LogP contribution in [0.1, 0.15) is 120 Å². The molecule has 0 bridgehead atoms. The number of rotatable bonds is 14. The number of hydrogen-bond acceptors (Lipinski definition) is 3. The lowest BCUT2D eigenvalue weighted by atomic mass is 9.67. The average Bonchev–Trinajstić information content (AvgIpc) is 3.03. The van der Waals surface area contributed by atoms with E-state index in [-0.39, 0.29) is 30.9 Å². The van der Waals surface area contributed by atoms with Gasteiger partial charge in [-0.2, -0.15) is 0 Å². The van der Waals surface area contributed by atoms with E-state index in [0.29, 0.717) is 17.4 Å². The molecule has 236 valence electrons. The van der Waals surface area contributed by atoms with Crippen LogP contribution in [0, 0.1) is 29.5 Å². The van der Waals surface area contributed by atoms with E-state index in [1.54, 1.807) is 13.0 Å². The van der Waals surface area contributed by atoms with Crippen LogP contribution in [0.15, 0.2) is 48.6 Å². The van der Waals surface area contributed by atoms with Crippen molar-refractivity contribution < 1.29 is 19.0 Å². The zero-order valence-corrected chi connectivity index (χ0v) is 27.0. The van der Waals surface area contributed by atoms with Gasteiger partial charge < -0.3 is 9.84 Å². The summed E-state index contributed by atoms with van der Waals surface area (Å²) in [7, 11) is 0. The molecule has 2 aromatic rings. The van der Waals surface area contributed by atoms with E-state index in [2.05, 4.69) is 44.7 Å². The predicted molar refractivity (Wildman–Crippen MR) is 176 cm³/mol. The molecule has 2 aliphatic carbocycles. The summed E-state index contributed by atoms with van der Waals surface area (Å²) in [5, 5.41) is 9.81. The molecule has 0 heterocycles. The molecule has 0 aromatic heterocycles. The smallest absolute Gasteiger partial charge is 0.333 e. The molecule has 1 unspecified atom stereocenters. The minimum atomic E-state index is -0.363. The number of aryl methyl sites for hydroxylation is 2. The number of carbonyl (C=O) groups excluding carboxylic acids is 1. The van der Waals surface area contributed by atoms with Crippen LogP contribution in [-0.4, -0.2) is 24.3 Å². The lowest BCUT2D eigenvalue weighted by molar-refractivity contribution is -0.140. The van der Waals surface area contributed by atoms with E-state index in [1.165, 1.54) is 68.1 Å². The lowest BCUT2D eigenvalue weighted by Gasteiger charge is -2.38. The van der Waals surface area contributed by atoms with Gasteiger partial charge in [0.05, 0.1) is 6.61 Å². The molecule has 0 aliphatic heterocycles. The monoisotopic (exact) mass is 590 g/mol. The largest absolute Gasteiger partial charge is 0.462 e. The van der Waals surface area contributed by atoms with Crippen LogP contribution in [0.3, 0.4) is 0 Å². The molecule has 4 rings (SSSR count). The molecule has 1 N–H and O–H groups in total. The quantitative estimate of drug-likeness (QED) is 0.135. The summed E-state index contributed by atoms with van der Waals surface area (Å²) in [6.45, 7) is 10.0. The summed E-state index contributed by atoms with van der Waals surface area (Å²) in [6, 6.07) is 12.8. The second kappa shape index (κ2) is 16.6. The molecular formula is C39H55FO3. The summed E-state index contributed by atoms with van der Waals surface area (Å²) in [5.41, 5.74) is 6.21. The second-order valence-corrected chi connectivity index (χ2v) is 13.6. The van der Waals surface area contributed by atoms with Gasteiger partial charge in [-0.25, -0.2) is 9.18 Å². The standard InChI is InChI=1S/C39H55FO3/c1-5-7-8-9-34-18-19-36(24-38(34)40)37-21-20-35(23-30(37)6-2)33-16-14-32(15-17-33)31-12-10-28(11-13-31)22-29(25-41)26-43-39(42)27(3)4/h18-21,23-24,28-29,31-33,41H,3,5-17,22,25-26H2,1-2,4H3. The third-order valence-corrected chi connectivity index (χ3v) is 10.4. The highest BCUT2D eigenvalue weighted by Gasteiger charge is 2.32. The van der Waals surface area contributed by atoms with Crippen LogP contribution >= 0.6 is 0 Å². The fourth-order valence-electron chi connectivity index (χ4n) is 7.73. The Bertz CT molecular complexity index is 1190. The lowest BCUT2D eigenvalue weighted by Crippen LogP contribution is -2.27. The molecule has 1 atom stereocenters. The number of unbranched alkanes of at least 4 members (excludes halogenated alkanes) is 2. The van der Waals surface area contributed by atoms with Gasteiger partial charge in [-0.1, -0.05) is 76.4 Å². The Morgan fingerprint density at radius 2 is 1.65 bits per heavy atom. The van der Waals surface area contributed by atoms with Crippen molar-refractivity contribution in [2.24, 2.45) is 23.7 Å². The van der Waals surface area contributed by atoms with Crippen molar-refractivity contribution >= 4 is 5.97 Å². The van der Waals surface area contributed by atoms with Gasteiger partial charge in [0.2, 0.25) is 0 Å². The minimum absolute atomic E-state index is 0.0219. The van der Waals surface area contributed by atoms with Crippen LogP contribution in [0.25, 0.3) is 11.1 Å². The second-order valence-electron chi connectivity index (χ2n) is 13.6. The maximum absolute atomic E-state index is 14.9. The highest BCUT2D eigenvalue weighted by molar-refractivity contribution is 5.86. The molecule has 3 nitrogen and oxygen atoms in total. The molecular weight excluding hydrogens is 535 g/mol. The number of ether oxygens (including phenoxy) is 1. The number of benzene rings is 2. The van der Waals surface area contributed by atoms with Gasteiger partial charge >= 0.3 is 5.97 Å². The molecule has 0 amide bonds. The first-order valence-corrected chi connectivity index (χ1v) is 17.2. The summed E-state index contributed by atoms with van der Waals surface area (Å²) in [6.07, 6.45) is 16.2. The fourth-order valence-corrected chi connectivity index (χ4v) is 7.73. The van der Waals surface area contributed by atoms with Gasteiger partial charge in [-0.15, -0.1) is 0 Å². The van der Waals surface area contributed by atoms with Gasteiger partial charge in [0.1, 0.15) is 5.82 Å². The van der Waals surface area contributed by atoms with Crippen LogP contribution in [0.5, 0.6) is 0 Å². The van der Waals surface area contributed by atoms with E-state index in [4.69, 9.17) is 4.74 Å². The summed E-state index contributed by atoms with van der Waals surface area (Å²) in [4.78, 5) is 11.7. The molecule has 2 aliphatic rings. The summed E-state index contributed by atoms with van der Waals surface area (Å²) < 4.78 is 20.2. The number of aliphatic hydroxyl groups excluding tert-OH is 1. The van der Waals surface area contributed by atoms with E-state index >= 15 is 0 Å². The number of aliphatic hydroxyl groups is 1. The highest BCUT2D eigenvalue weighted by Crippen LogP contribution is 2.45. The Labute approximate surface area is 260 Å². The van der Waals surface area contributed by atoms with E-state index in [9.17, 15) is 14.3 Å². The van der Waals surface area contributed by atoms with Crippen LogP contribution < -0.4 is 0 Å². The molecule has 0 radical (unpaired) electrons. The summed E-state index contributed by atoms with van der Waals surface area (Å²) >= 11 is 0. The van der Waals surface area contributed by atoms with Gasteiger partial charge in [0.15, 0.2) is 0 Å². The molecule has 2 aromatic carbocycles. The Morgan fingerprint density at radius 1 is 0.953 bits per heavy atom. The number of carbonyl (C=O) groups is 1. The zero-order chi connectivity index (χ0) is 30.8. The SMILES string of the molecule is C=C(C)C(=O)OCC(CO)CC1CCC(C2CCC(c3ccc(-c4ccc(CCCCC)c(F)c4)c(CC)c3)CC2)CC1. The van der Waals surface area contributed by atoms with Crippen molar-refractivity contribution in [2.75, 3.05) is 13.2 Å². The van der Waals surface area contributed by atoms with Crippen molar-refractivity contribution in [3.63, 3.8) is 0 Å². The first-order chi connectivity index (χ1) is 20.8. The Morgan fingerprint density at radius 3 is 2.26 bits per heavy atom. The topological polar surface area (TPSA) is 46.5 Å².